The Balaban J connectivity index is 1.32. The predicted octanol–water partition coefficient (Wildman–Crippen LogP) is 7.91. The highest BCUT2D eigenvalue weighted by Gasteiger charge is 2.38. The summed E-state index contributed by atoms with van der Waals surface area (Å²) in [6.45, 7) is 6.42. The molecule has 3 aliphatic rings. The Labute approximate surface area is 183 Å². The van der Waals surface area contributed by atoms with Crippen LogP contribution < -0.4 is 4.74 Å². The van der Waals surface area contributed by atoms with E-state index in [1.54, 1.807) is 12.1 Å². The molecule has 3 aliphatic carbocycles. The summed E-state index contributed by atoms with van der Waals surface area (Å²) in [6.07, 6.45) is 19.2. The van der Waals surface area contributed by atoms with Crippen LogP contribution in [0.5, 0.6) is 5.75 Å². The van der Waals surface area contributed by atoms with Crippen molar-refractivity contribution in [3.05, 3.63) is 41.7 Å². The van der Waals surface area contributed by atoms with E-state index in [1.165, 1.54) is 76.2 Å². The van der Waals surface area contributed by atoms with E-state index >= 15 is 0 Å². The van der Waals surface area contributed by atoms with Crippen LogP contribution in [-0.4, -0.2) is 6.61 Å². The zero-order valence-electron chi connectivity index (χ0n) is 19.0. The second-order valence-corrected chi connectivity index (χ2v) is 10.4. The van der Waals surface area contributed by atoms with Crippen molar-refractivity contribution in [2.75, 3.05) is 6.61 Å². The third kappa shape index (κ3) is 5.11. The molecule has 1 aromatic carbocycles. The molecule has 0 heterocycles. The van der Waals surface area contributed by atoms with E-state index in [0.717, 1.165) is 42.1 Å². The van der Waals surface area contributed by atoms with Crippen LogP contribution in [0.1, 0.15) is 88.7 Å². The fourth-order valence-corrected chi connectivity index (χ4v) is 6.86. The van der Waals surface area contributed by atoms with Crippen LogP contribution in [0.2, 0.25) is 0 Å². The molecular formula is C28H41FO. The molecule has 0 radical (unpaired) electrons. The average Bonchev–Trinajstić information content (AvgIpc) is 2.77. The van der Waals surface area contributed by atoms with Gasteiger partial charge in [0.1, 0.15) is 18.2 Å². The van der Waals surface area contributed by atoms with Gasteiger partial charge in [0.2, 0.25) is 0 Å². The normalized spacial score (nSPS) is 30.9. The van der Waals surface area contributed by atoms with Crippen LogP contribution in [0.15, 0.2) is 24.8 Å². The first-order valence-electron chi connectivity index (χ1n) is 12.7. The molecule has 0 bridgehead atoms. The van der Waals surface area contributed by atoms with Gasteiger partial charge in [-0.15, -0.1) is 0 Å². The minimum Gasteiger partial charge on any atom is -0.489 e. The van der Waals surface area contributed by atoms with Gasteiger partial charge in [0.25, 0.3) is 0 Å². The number of benzene rings is 1. The molecule has 0 amide bonds. The maximum Gasteiger partial charge on any atom is 0.130 e. The molecule has 2 heteroatoms. The zero-order chi connectivity index (χ0) is 20.9. The lowest BCUT2D eigenvalue weighted by Gasteiger charge is -2.45. The van der Waals surface area contributed by atoms with E-state index in [1.807, 2.05) is 0 Å². The fourth-order valence-electron chi connectivity index (χ4n) is 6.86. The number of fused-ring (bicyclic) bond motifs is 2. The molecule has 2 saturated carbocycles. The Kier molecular flexibility index (Phi) is 7.55. The first kappa shape index (κ1) is 21.9. The molecule has 0 saturated heterocycles. The summed E-state index contributed by atoms with van der Waals surface area (Å²) in [5.41, 5.74) is 2.14. The Morgan fingerprint density at radius 3 is 2.57 bits per heavy atom. The molecule has 0 spiro atoms. The summed E-state index contributed by atoms with van der Waals surface area (Å²) in [5, 5.41) is 0. The minimum absolute atomic E-state index is 0.0578. The summed E-state index contributed by atoms with van der Waals surface area (Å²) in [5.74, 6) is 5.02. The highest BCUT2D eigenvalue weighted by atomic mass is 19.1. The first-order valence-corrected chi connectivity index (χ1v) is 12.7. The van der Waals surface area contributed by atoms with Gasteiger partial charge in [-0.05, 0) is 98.1 Å². The fraction of sp³-hybridized carbons (Fsp3) is 0.714. The van der Waals surface area contributed by atoms with Gasteiger partial charge in [-0.2, -0.15) is 0 Å². The molecule has 1 nitrogen and oxygen atoms in total. The van der Waals surface area contributed by atoms with Gasteiger partial charge in [0, 0.05) is 6.07 Å². The molecule has 0 N–H and O–H groups in total. The van der Waals surface area contributed by atoms with Crippen molar-refractivity contribution >= 4 is 0 Å². The highest BCUT2D eigenvalue weighted by Crippen LogP contribution is 2.49. The van der Waals surface area contributed by atoms with Crippen LogP contribution in [0, 0.1) is 35.4 Å². The standard InChI is InChI=1S/C28H41FO/c1-3-5-6-7-20-8-9-22-16-23(11-10-21(22)15-20)24-12-13-25-17-26(30-14-4-2)19-28(29)27(25)18-24/h4,17,19-24H,2-3,5-16,18H2,1H3. The molecule has 166 valence electrons. The number of ether oxygens (including phenoxy) is 1. The van der Waals surface area contributed by atoms with Crippen LogP contribution in [0.4, 0.5) is 4.39 Å². The van der Waals surface area contributed by atoms with Crippen molar-refractivity contribution in [1.82, 2.24) is 0 Å². The maximum absolute atomic E-state index is 14.8. The topological polar surface area (TPSA) is 9.23 Å². The van der Waals surface area contributed by atoms with Crippen molar-refractivity contribution < 1.29 is 9.13 Å². The number of aryl methyl sites for hydroxylation is 1. The van der Waals surface area contributed by atoms with Crippen molar-refractivity contribution in [3.63, 3.8) is 0 Å². The summed E-state index contributed by atoms with van der Waals surface area (Å²) < 4.78 is 20.4. The monoisotopic (exact) mass is 412 g/mol. The summed E-state index contributed by atoms with van der Waals surface area (Å²) in [4.78, 5) is 0. The van der Waals surface area contributed by atoms with Gasteiger partial charge >= 0.3 is 0 Å². The van der Waals surface area contributed by atoms with Gasteiger partial charge in [0.15, 0.2) is 0 Å². The van der Waals surface area contributed by atoms with Crippen LogP contribution >= 0.6 is 0 Å². The van der Waals surface area contributed by atoms with Crippen molar-refractivity contribution in [2.24, 2.45) is 29.6 Å². The second-order valence-electron chi connectivity index (χ2n) is 10.4. The van der Waals surface area contributed by atoms with Crippen molar-refractivity contribution in [2.45, 2.75) is 90.4 Å². The van der Waals surface area contributed by atoms with Gasteiger partial charge in [-0.3, -0.25) is 0 Å². The second kappa shape index (κ2) is 10.3. The van der Waals surface area contributed by atoms with Crippen molar-refractivity contribution in [3.8, 4) is 5.75 Å². The number of hydrogen-bond donors (Lipinski definition) is 0. The molecule has 5 unspecified atom stereocenters. The van der Waals surface area contributed by atoms with E-state index in [4.69, 9.17) is 4.74 Å². The zero-order valence-corrected chi connectivity index (χ0v) is 19.0. The molecule has 0 aromatic heterocycles. The molecule has 1 aromatic rings. The van der Waals surface area contributed by atoms with E-state index in [9.17, 15) is 4.39 Å². The van der Waals surface area contributed by atoms with Crippen molar-refractivity contribution in [1.29, 1.82) is 0 Å². The molecule has 30 heavy (non-hydrogen) atoms. The van der Waals surface area contributed by atoms with E-state index in [2.05, 4.69) is 19.6 Å². The minimum atomic E-state index is -0.0578. The smallest absolute Gasteiger partial charge is 0.130 e. The number of unbranched alkanes of at least 4 members (excludes halogenated alkanes) is 2. The third-order valence-electron chi connectivity index (χ3n) is 8.52. The molecule has 0 aliphatic heterocycles. The average molecular weight is 413 g/mol. The summed E-state index contributed by atoms with van der Waals surface area (Å²) in [6, 6.07) is 3.65. The lowest BCUT2D eigenvalue weighted by atomic mass is 9.61. The highest BCUT2D eigenvalue weighted by molar-refractivity contribution is 5.39. The Hall–Kier alpha value is -1.31. The third-order valence-corrected chi connectivity index (χ3v) is 8.52. The summed E-state index contributed by atoms with van der Waals surface area (Å²) in [7, 11) is 0. The van der Waals surface area contributed by atoms with E-state index in [0.29, 0.717) is 18.3 Å². The number of hydrogen-bond acceptors (Lipinski definition) is 1. The SMILES string of the molecule is C=CCOc1cc(F)c2c(c1)CCC(C1CCC3CC(CCCCC)CCC3C1)C2. The van der Waals surface area contributed by atoms with Gasteiger partial charge < -0.3 is 4.74 Å². The predicted molar refractivity (Wildman–Crippen MR) is 123 cm³/mol. The van der Waals surface area contributed by atoms with Gasteiger partial charge in [-0.1, -0.05) is 51.7 Å². The largest absolute Gasteiger partial charge is 0.489 e. The Morgan fingerprint density at radius 2 is 1.77 bits per heavy atom. The molecule has 5 atom stereocenters. The lowest BCUT2D eigenvalue weighted by Crippen LogP contribution is -2.35. The van der Waals surface area contributed by atoms with E-state index in [-0.39, 0.29) is 5.82 Å². The van der Waals surface area contributed by atoms with Crippen LogP contribution in [-0.2, 0) is 12.8 Å². The molecule has 4 rings (SSSR count). The Morgan fingerprint density at radius 1 is 1.00 bits per heavy atom. The van der Waals surface area contributed by atoms with Crippen LogP contribution in [0.25, 0.3) is 0 Å². The lowest BCUT2D eigenvalue weighted by molar-refractivity contribution is 0.0687. The van der Waals surface area contributed by atoms with Crippen LogP contribution in [0.3, 0.4) is 0 Å². The number of rotatable bonds is 8. The maximum atomic E-state index is 14.8. The van der Waals surface area contributed by atoms with Gasteiger partial charge in [0.05, 0.1) is 0 Å². The first-order chi connectivity index (χ1) is 14.7. The van der Waals surface area contributed by atoms with Gasteiger partial charge in [-0.25, -0.2) is 4.39 Å². The summed E-state index contributed by atoms with van der Waals surface area (Å²) >= 11 is 0. The number of halogens is 1. The van der Waals surface area contributed by atoms with E-state index < -0.39 is 0 Å². The molecular weight excluding hydrogens is 371 g/mol. The quantitative estimate of drug-likeness (QED) is 0.311. The molecule has 2 fully saturated rings. The Bertz CT molecular complexity index is 711.